The first-order valence-corrected chi connectivity index (χ1v) is 8.98. The van der Waals surface area contributed by atoms with E-state index in [-0.39, 0.29) is 18.3 Å². The molecule has 8 heteroatoms. The van der Waals surface area contributed by atoms with E-state index in [9.17, 15) is 4.79 Å². The second-order valence-electron chi connectivity index (χ2n) is 6.01. The fourth-order valence-electron chi connectivity index (χ4n) is 3.12. The Labute approximate surface area is 156 Å². The zero-order valence-corrected chi connectivity index (χ0v) is 15.5. The van der Waals surface area contributed by atoms with Crippen molar-refractivity contribution >= 4 is 35.3 Å². The molecular formula is C17H20ClN5OS. The number of aromatic nitrogens is 3. The van der Waals surface area contributed by atoms with Gasteiger partial charge in [-0.1, -0.05) is 6.07 Å². The Kier molecular flexibility index (Phi) is 5.36. The monoisotopic (exact) mass is 377 g/mol. The molecular weight excluding hydrogens is 358 g/mol. The van der Waals surface area contributed by atoms with E-state index in [1.165, 1.54) is 11.3 Å². The number of pyridine rings is 1. The molecule has 0 radical (unpaired) electrons. The van der Waals surface area contributed by atoms with Gasteiger partial charge in [-0.05, 0) is 38.1 Å². The molecule has 1 amide bonds. The van der Waals surface area contributed by atoms with E-state index in [4.69, 9.17) is 0 Å². The number of hydrogen-bond acceptors (Lipinski definition) is 5. The number of rotatable bonds is 3. The average molecular weight is 378 g/mol. The van der Waals surface area contributed by atoms with E-state index in [1.807, 2.05) is 46.1 Å². The van der Waals surface area contributed by atoms with Crippen LogP contribution in [0.15, 0.2) is 36.0 Å². The second-order valence-corrected chi connectivity index (χ2v) is 6.87. The number of nitrogens with zero attached hydrogens (tertiary/aromatic N) is 4. The Morgan fingerprint density at radius 2 is 2.16 bits per heavy atom. The minimum atomic E-state index is -0.00165. The third-order valence-corrected chi connectivity index (χ3v) is 5.40. The lowest BCUT2D eigenvalue weighted by atomic mass is 10.1. The van der Waals surface area contributed by atoms with Gasteiger partial charge in [-0.2, -0.15) is 0 Å². The smallest absolute Gasteiger partial charge is 0.273 e. The summed E-state index contributed by atoms with van der Waals surface area (Å²) >= 11 is 1.48. The summed E-state index contributed by atoms with van der Waals surface area (Å²) in [5.41, 5.74) is 2.31. The number of hydrogen-bond donors (Lipinski definition) is 1. The topological polar surface area (TPSA) is 62.5 Å². The van der Waals surface area contributed by atoms with Crippen LogP contribution in [0.25, 0.3) is 16.3 Å². The SMILES string of the molecule is CN(C(=O)c1csc(-c2cnc3ccccn23)n1)C1CCNCC1.Cl. The molecule has 4 rings (SSSR count). The van der Waals surface area contributed by atoms with Crippen LogP contribution >= 0.6 is 23.7 Å². The molecule has 1 N–H and O–H groups in total. The lowest BCUT2D eigenvalue weighted by molar-refractivity contribution is 0.0698. The van der Waals surface area contributed by atoms with Gasteiger partial charge in [-0.3, -0.25) is 9.20 Å². The molecule has 0 spiro atoms. The van der Waals surface area contributed by atoms with Gasteiger partial charge in [0, 0.05) is 24.7 Å². The van der Waals surface area contributed by atoms with Crippen molar-refractivity contribution in [2.24, 2.45) is 0 Å². The Morgan fingerprint density at radius 1 is 1.36 bits per heavy atom. The number of halogens is 1. The zero-order chi connectivity index (χ0) is 16.5. The molecule has 132 valence electrons. The third-order valence-electron chi connectivity index (χ3n) is 4.54. The van der Waals surface area contributed by atoms with Crippen LogP contribution in [0.5, 0.6) is 0 Å². The predicted octanol–water partition coefficient (Wildman–Crippen LogP) is 2.70. The van der Waals surface area contributed by atoms with Gasteiger partial charge in [0.25, 0.3) is 5.91 Å². The first-order valence-electron chi connectivity index (χ1n) is 8.10. The van der Waals surface area contributed by atoms with Crippen LogP contribution in [0.1, 0.15) is 23.3 Å². The molecule has 1 aliphatic heterocycles. The molecule has 0 unspecified atom stereocenters. The molecule has 0 saturated carbocycles. The number of piperidine rings is 1. The average Bonchev–Trinajstić information content (AvgIpc) is 3.28. The molecule has 1 aliphatic rings. The number of amides is 1. The standard InChI is InChI=1S/C17H19N5OS.ClH/c1-21(12-5-7-18-8-6-12)17(23)13-11-24-16(20-13)14-10-19-15-4-2-3-9-22(14)15;/h2-4,9-12,18H,5-8H2,1H3;1H. The van der Waals surface area contributed by atoms with E-state index < -0.39 is 0 Å². The van der Waals surface area contributed by atoms with Crippen molar-refractivity contribution in [3.05, 3.63) is 41.7 Å². The van der Waals surface area contributed by atoms with Crippen LogP contribution in [0.4, 0.5) is 0 Å². The molecule has 0 aromatic carbocycles. The van der Waals surface area contributed by atoms with Crippen molar-refractivity contribution in [2.45, 2.75) is 18.9 Å². The van der Waals surface area contributed by atoms with Gasteiger partial charge in [0.05, 0.1) is 6.20 Å². The fourth-order valence-corrected chi connectivity index (χ4v) is 3.92. The van der Waals surface area contributed by atoms with E-state index in [1.54, 1.807) is 6.20 Å². The first-order chi connectivity index (χ1) is 11.7. The van der Waals surface area contributed by atoms with Gasteiger partial charge in [-0.15, -0.1) is 23.7 Å². The first kappa shape index (κ1) is 17.8. The second kappa shape index (κ2) is 7.51. The van der Waals surface area contributed by atoms with Crippen molar-refractivity contribution in [3.8, 4) is 10.7 Å². The van der Waals surface area contributed by atoms with E-state index in [0.29, 0.717) is 11.7 Å². The van der Waals surface area contributed by atoms with Crippen molar-refractivity contribution in [1.82, 2.24) is 24.6 Å². The quantitative estimate of drug-likeness (QED) is 0.762. The Bertz CT molecular complexity index is 871. The number of thiazole rings is 1. The molecule has 4 heterocycles. The van der Waals surface area contributed by atoms with Gasteiger partial charge in [0.2, 0.25) is 0 Å². The van der Waals surface area contributed by atoms with E-state index in [2.05, 4.69) is 15.3 Å². The minimum Gasteiger partial charge on any atom is -0.337 e. The van der Waals surface area contributed by atoms with Crippen LogP contribution in [0.2, 0.25) is 0 Å². The van der Waals surface area contributed by atoms with Crippen molar-refractivity contribution in [3.63, 3.8) is 0 Å². The Hall–Kier alpha value is -1.96. The van der Waals surface area contributed by atoms with Gasteiger partial charge in [0.1, 0.15) is 22.0 Å². The third kappa shape index (κ3) is 3.40. The summed E-state index contributed by atoms with van der Waals surface area (Å²) in [6.45, 7) is 1.93. The largest absolute Gasteiger partial charge is 0.337 e. The number of carbonyl (C=O) groups is 1. The van der Waals surface area contributed by atoms with Crippen LogP contribution in [0.3, 0.4) is 0 Å². The van der Waals surface area contributed by atoms with E-state index >= 15 is 0 Å². The van der Waals surface area contributed by atoms with Crippen molar-refractivity contribution in [2.75, 3.05) is 20.1 Å². The highest BCUT2D eigenvalue weighted by Crippen LogP contribution is 2.25. The lowest BCUT2D eigenvalue weighted by Gasteiger charge is -2.31. The molecule has 1 fully saturated rings. The minimum absolute atomic E-state index is 0. The summed E-state index contributed by atoms with van der Waals surface area (Å²) in [5, 5.41) is 5.99. The number of imidazole rings is 1. The number of nitrogens with one attached hydrogen (secondary N) is 1. The van der Waals surface area contributed by atoms with E-state index in [0.717, 1.165) is 42.3 Å². The highest BCUT2D eigenvalue weighted by Gasteiger charge is 2.24. The molecule has 0 aliphatic carbocycles. The van der Waals surface area contributed by atoms with Crippen LogP contribution in [0, 0.1) is 0 Å². The Balaban J connectivity index is 0.00000182. The molecule has 0 atom stereocenters. The van der Waals surface area contributed by atoms with Crippen molar-refractivity contribution in [1.29, 1.82) is 0 Å². The summed E-state index contributed by atoms with van der Waals surface area (Å²) in [4.78, 5) is 23.5. The molecule has 1 saturated heterocycles. The summed E-state index contributed by atoms with van der Waals surface area (Å²) in [6, 6.07) is 6.16. The van der Waals surface area contributed by atoms with Gasteiger partial charge in [-0.25, -0.2) is 9.97 Å². The summed E-state index contributed by atoms with van der Waals surface area (Å²) in [6.07, 6.45) is 5.75. The summed E-state index contributed by atoms with van der Waals surface area (Å²) < 4.78 is 1.99. The molecule has 0 bridgehead atoms. The van der Waals surface area contributed by atoms with Gasteiger partial charge < -0.3 is 10.2 Å². The zero-order valence-electron chi connectivity index (χ0n) is 13.9. The summed E-state index contributed by atoms with van der Waals surface area (Å²) in [5.74, 6) is -0.00165. The Morgan fingerprint density at radius 3 is 2.96 bits per heavy atom. The maximum Gasteiger partial charge on any atom is 0.273 e. The fraction of sp³-hybridized carbons (Fsp3) is 0.353. The molecule has 3 aromatic heterocycles. The normalized spacial score (nSPS) is 15.1. The maximum absolute atomic E-state index is 12.7. The van der Waals surface area contributed by atoms with Gasteiger partial charge >= 0.3 is 0 Å². The highest BCUT2D eigenvalue weighted by molar-refractivity contribution is 7.13. The molecule has 6 nitrogen and oxygen atoms in total. The number of carbonyl (C=O) groups excluding carboxylic acids is 1. The molecule has 25 heavy (non-hydrogen) atoms. The van der Waals surface area contributed by atoms with Crippen LogP contribution in [-0.2, 0) is 0 Å². The van der Waals surface area contributed by atoms with Crippen LogP contribution < -0.4 is 5.32 Å². The van der Waals surface area contributed by atoms with Gasteiger partial charge in [0.15, 0.2) is 0 Å². The van der Waals surface area contributed by atoms with Crippen molar-refractivity contribution < 1.29 is 4.79 Å². The predicted molar refractivity (Wildman–Crippen MR) is 102 cm³/mol. The lowest BCUT2D eigenvalue weighted by Crippen LogP contribution is -2.44. The van der Waals surface area contributed by atoms with Crippen LogP contribution in [-0.4, -0.2) is 51.4 Å². The number of fused-ring (bicyclic) bond motifs is 1. The maximum atomic E-state index is 12.7. The molecule has 3 aromatic rings. The highest BCUT2D eigenvalue weighted by atomic mass is 35.5. The summed E-state index contributed by atoms with van der Waals surface area (Å²) in [7, 11) is 1.88.